The number of halogens is 1. The van der Waals surface area contributed by atoms with Gasteiger partial charge < -0.3 is 9.97 Å². The van der Waals surface area contributed by atoms with Crippen molar-refractivity contribution in [1.29, 1.82) is 0 Å². The van der Waals surface area contributed by atoms with Gasteiger partial charge in [-0.3, -0.25) is 0 Å². The summed E-state index contributed by atoms with van der Waals surface area (Å²) in [6, 6.07) is 26.7. The molecule has 8 bridgehead atoms. The summed E-state index contributed by atoms with van der Waals surface area (Å²) in [5, 5.41) is 1.95. The number of fused-ring (bicyclic) bond motifs is 20. The quantitative estimate of drug-likeness (QED) is 0.205. The first-order valence-corrected chi connectivity index (χ1v) is 17.9. The van der Waals surface area contributed by atoms with Crippen LogP contribution in [-0.2, 0) is 23.1 Å². The average molecular weight is 693 g/mol. The van der Waals surface area contributed by atoms with Crippen molar-refractivity contribution in [2.45, 2.75) is 4.90 Å². The van der Waals surface area contributed by atoms with E-state index in [4.69, 9.17) is 40.6 Å². The molecule has 7 aromatic rings. The summed E-state index contributed by atoms with van der Waals surface area (Å²) in [5.41, 5.74) is 4.03. The van der Waals surface area contributed by atoms with E-state index in [2.05, 4.69) is 13.6 Å². The minimum absolute atomic E-state index is 0.00630. The van der Waals surface area contributed by atoms with Gasteiger partial charge in [-0.1, -0.05) is 84.9 Å². The lowest BCUT2D eigenvalue weighted by molar-refractivity contribution is 0.473. The third kappa shape index (κ3) is 4.55. The number of rotatable bonds is 3. The van der Waals surface area contributed by atoms with Crippen molar-refractivity contribution in [3.63, 3.8) is 0 Å². The van der Waals surface area contributed by atoms with E-state index in [9.17, 15) is 16.8 Å². The molecular formula is C32H17ClN8O5S2. The van der Waals surface area contributed by atoms with Gasteiger partial charge in [-0.25, -0.2) is 29.9 Å². The number of H-pyrrole nitrogens is 2. The zero-order chi connectivity index (χ0) is 32.8. The van der Waals surface area contributed by atoms with E-state index < -0.39 is 24.3 Å². The number of aromatic nitrogens is 8. The van der Waals surface area contributed by atoms with Crippen LogP contribution in [0.3, 0.4) is 0 Å². The van der Waals surface area contributed by atoms with Crippen molar-refractivity contribution in [2.75, 3.05) is 0 Å². The Hall–Kier alpha value is -5.61. The molecule has 0 fully saturated rings. The second kappa shape index (κ2) is 10.2. The first-order valence-electron chi connectivity index (χ1n) is 14.3. The molecule has 0 radical (unpaired) electrons. The van der Waals surface area contributed by atoms with Gasteiger partial charge >= 0.3 is 19.4 Å². The van der Waals surface area contributed by atoms with Crippen LogP contribution in [0, 0.1) is 0 Å². The van der Waals surface area contributed by atoms with E-state index >= 15 is 0 Å². The van der Waals surface area contributed by atoms with Gasteiger partial charge in [-0.05, 0) is 6.07 Å². The second-order valence-corrected chi connectivity index (χ2v) is 14.7. The normalized spacial score (nSPS) is 12.7. The molecule has 48 heavy (non-hydrogen) atoms. The van der Waals surface area contributed by atoms with Crippen molar-refractivity contribution in [1.82, 2.24) is 39.9 Å². The van der Waals surface area contributed by atoms with Crippen LogP contribution in [-0.4, -0.2) is 56.7 Å². The summed E-state index contributed by atoms with van der Waals surface area (Å²) in [6.07, 6.45) is 0. The second-order valence-electron chi connectivity index (χ2n) is 10.8. The Kier molecular flexibility index (Phi) is 6.07. The number of aromatic amines is 2. The molecule has 3 aromatic heterocycles. The number of benzene rings is 4. The molecule has 0 atom stereocenters. The molecule has 2 aliphatic heterocycles. The van der Waals surface area contributed by atoms with E-state index in [1.807, 2.05) is 72.8 Å². The highest BCUT2D eigenvalue weighted by molar-refractivity contribution is 8.15. The van der Waals surface area contributed by atoms with Crippen LogP contribution in [0.2, 0.25) is 0 Å². The first-order chi connectivity index (χ1) is 23.1. The maximum absolute atomic E-state index is 13.3. The van der Waals surface area contributed by atoms with Crippen molar-refractivity contribution < 1.29 is 20.5 Å². The molecule has 5 heterocycles. The smallest absolute Gasteiger partial charge is 0.324 e. The molecule has 4 aromatic carbocycles. The van der Waals surface area contributed by atoms with Crippen molar-refractivity contribution >= 4 is 74.3 Å². The highest BCUT2D eigenvalue weighted by Crippen LogP contribution is 2.38. The molecule has 0 saturated heterocycles. The van der Waals surface area contributed by atoms with E-state index in [0.29, 0.717) is 50.8 Å². The summed E-state index contributed by atoms with van der Waals surface area (Å²) in [4.78, 5) is 35.0. The lowest BCUT2D eigenvalue weighted by atomic mass is 10.1. The summed E-state index contributed by atoms with van der Waals surface area (Å²) < 4.78 is 54.4. The standard InChI is InChI=1S/C32H17ClN8O5S2/c33-48(44,45)46-47(42,43)23-15-7-14-22-24(23)32-40-30-21-13-6-5-12-20(21)28(38-30)36-26-17-9-2-1-8-16(17)25(34-26)35-27-18-10-3-4-11-19(18)29(37-27)39-31(22)41-32/h1-15H,(H2,34,35,36,37,38,39,40,41). The Labute approximate surface area is 275 Å². The maximum Gasteiger partial charge on any atom is 0.370 e. The third-order valence-corrected chi connectivity index (χ3v) is 10.7. The molecule has 234 valence electrons. The third-order valence-electron chi connectivity index (χ3n) is 7.98. The van der Waals surface area contributed by atoms with Crippen LogP contribution in [0.25, 0.3) is 89.7 Å². The Bertz CT molecular complexity index is 2940. The summed E-state index contributed by atoms with van der Waals surface area (Å²) in [6.45, 7) is 0. The minimum Gasteiger partial charge on any atom is -0.324 e. The van der Waals surface area contributed by atoms with Crippen LogP contribution >= 0.6 is 10.7 Å². The Balaban J connectivity index is 1.49. The number of hydrogen-bond acceptors (Lipinski definition) is 11. The summed E-state index contributed by atoms with van der Waals surface area (Å²) in [7, 11) is -4.67. The molecule has 0 unspecified atom stereocenters. The van der Waals surface area contributed by atoms with Crippen LogP contribution in [0.5, 0.6) is 0 Å². The maximum atomic E-state index is 13.3. The molecule has 0 spiro atoms. The molecular weight excluding hydrogens is 676 g/mol. The SMILES string of the molecule is O=S(=O)(Cl)OS(=O)(=O)c1cccc2c3nc4nc(nc5[nH]c(nc6nc(nc([nH]3)c12)-c1ccccc1-6)c1ccccc51)-c1ccccc1-4. The molecule has 0 aliphatic carbocycles. The fourth-order valence-corrected chi connectivity index (χ4v) is 8.47. The van der Waals surface area contributed by atoms with Crippen LogP contribution in [0.4, 0.5) is 0 Å². The van der Waals surface area contributed by atoms with Crippen LogP contribution < -0.4 is 0 Å². The van der Waals surface area contributed by atoms with Gasteiger partial charge in [-0.15, -0.1) is 3.63 Å². The van der Waals surface area contributed by atoms with Gasteiger partial charge in [0.25, 0.3) is 0 Å². The van der Waals surface area contributed by atoms with Gasteiger partial charge in [-0.2, -0.15) is 16.8 Å². The monoisotopic (exact) mass is 692 g/mol. The molecule has 2 N–H and O–H groups in total. The largest absolute Gasteiger partial charge is 0.370 e. The van der Waals surface area contributed by atoms with Crippen LogP contribution in [0.15, 0.2) is 95.9 Å². The zero-order valence-corrected chi connectivity index (χ0v) is 26.5. The van der Waals surface area contributed by atoms with Crippen molar-refractivity contribution in [3.8, 4) is 45.6 Å². The van der Waals surface area contributed by atoms with Crippen LogP contribution in [0.1, 0.15) is 0 Å². The van der Waals surface area contributed by atoms with E-state index in [-0.39, 0.29) is 22.5 Å². The molecule has 0 amide bonds. The lowest BCUT2D eigenvalue weighted by Crippen LogP contribution is -2.09. The predicted molar refractivity (Wildman–Crippen MR) is 179 cm³/mol. The Morgan fingerprint density at radius 3 is 1.35 bits per heavy atom. The van der Waals surface area contributed by atoms with E-state index in [1.165, 1.54) is 12.1 Å². The molecule has 9 rings (SSSR count). The Morgan fingerprint density at radius 2 is 0.875 bits per heavy atom. The van der Waals surface area contributed by atoms with E-state index in [1.54, 1.807) is 6.07 Å². The van der Waals surface area contributed by atoms with Gasteiger partial charge in [0.05, 0.1) is 10.7 Å². The first kappa shape index (κ1) is 28.6. The highest BCUT2D eigenvalue weighted by Gasteiger charge is 2.28. The minimum atomic E-state index is -4.95. The van der Waals surface area contributed by atoms with E-state index in [0.717, 1.165) is 16.3 Å². The summed E-state index contributed by atoms with van der Waals surface area (Å²) >= 11 is 0. The van der Waals surface area contributed by atoms with Gasteiger partial charge in [0.15, 0.2) is 23.3 Å². The highest BCUT2D eigenvalue weighted by atomic mass is 35.7. The van der Waals surface area contributed by atoms with Gasteiger partial charge in [0, 0.05) is 43.8 Å². The Morgan fingerprint density at radius 1 is 0.479 bits per heavy atom. The van der Waals surface area contributed by atoms with Crippen molar-refractivity contribution in [3.05, 3.63) is 91.0 Å². The number of nitrogens with one attached hydrogen (secondary N) is 2. The average Bonchev–Trinajstić information content (AvgIpc) is 3.79. The lowest BCUT2D eigenvalue weighted by Gasteiger charge is -2.04. The number of hydrogen-bond donors (Lipinski definition) is 2. The molecule has 0 saturated carbocycles. The zero-order valence-electron chi connectivity index (χ0n) is 24.1. The fraction of sp³-hybridized carbons (Fsp3) is 0. The van der Waals surface area contributed by atoms with Crippen molar-refractivity contribution in [2.24, 2.45) is 0 Å². The summed E-state index contributed by atoms with van der Waals surface area (Å²) in [5.74, 6) is 1.29. The van der Waals surface area contributed by atoms with Gasteiger partial charge in [0.2, 0.25) is 0 Å². The molecule has 2 aliphatic rings. The molecule has 13 nitrogen and oxygen atoms in total. The topological polar surface area (TPSA) is 186 Å². The number of nitrogens with zero attached hydrogens (tertiary/aromatic N) is 6. The predicted octanol–water partition coefficient (Wildman–Crippen LogP) is 6.06. The van der Waals surface area contributed by atoms with Gasteiger partial charge in [0.1, 0.15) is 27.5 Å². The fourth-order valence-electron chi connectivity index (χ4n) is 6.01. The molecule has 16 heteroatoms.